The van der Waals surface area contributed by atoms with E-state index in [1.54, 1.807) is 12.0 Å². The summed E-state index contributed by atoms with van der Waals surface area (Å²) in [6.45, 7) is 9.72. The minimum atomic E-state index is -0.727. The second-order valence-electron chi connectivity index (χ2n) is 10.1. The normalized spacial score (nSPS) is 27.0. The SMILES string of the molecule is CC[C@H](C)[C@H](NC(=O)c1ccc(C2CCN(CC)CC2)cc1)C(=O)N1C[C@@H](OC)[C@H]2OCC(=O)[C@H]21. The van der Waals surface area contributed by atoms with Crippen LogP contribution in [0.1, 0.15) is 61.9 Å². The number of ether oxygens (including phenoxy) is 2. The van der Waals surface area contributed by atoms with E-state index in [0.29, 0.717) is 17.9 Å². The quantitative estimate of drug-likeness (QED) is 0.608. The molecule has 0 radical (unpaired) electrons. The highest BCUT2D eigenvalue weighted by Crippen LogP contribution is 2.31. The van der Waals surface area contributed by atoms with Crippen LogP contribution in [0.5, 0.6) is 0 Å². The Morgan fingerprint density at radius 1 is 1.17 bits per heavy atom. The zero-order valence-electron chi connectivity index (χ0n) is 21.4. The van der Waals surface area contributed by atoms with Gasteiger partial charge in [0.05, 0.1) is 6.54 Å². The van der Waals surface area contributed by atoms with Crippen LogP contribution in [0.25, 0.3) is 0 Å². The van der Waals surface area contributed by atoms with E-state index >= 15 is 0 Å². The summed E-state index contributed by atoms with van der Waals surface area (Å²) in [5.74, 6) is -0.207. The number of carbonyl (C=O) groups is 3. The number of likely N-dealkylation sites (tertiary alicyclic amines) is 2. The zero-order valence-corrected chi connectivity index (χ0v) is 21.4. The average Bonchev–Trinajstić information content (AvgIpc) is 3.46. The molecule has 192 valence electrons. The largest absolute Gasteiger partial charge is 0.377 e. The monoisotopic (exact) mass is 485 g/mol. The van der Waals surface area contributed by atoms with E-state index in [4.69, 9.17) is 9.47 Å². The van der Waals surface area contributed by atoms with Crippen molar-refractivity contribution >= 4 is 17.6 Å². The van der Waals surface area contributed by atoms with Crippen molar-refractivity contribution in [2.24, 2.45) is 5.92 Å². The first kappa shape index (κ1) is 25.8. The molecule has 35 heavy (non-hydrogen) atoms. The fourth-order valence-corrected chi connectivity index (χ4v) is 5.62. The van der Waals surface area contributed by atoms with Crippen LogP contribution >= 0.6 is 0 Å². The minimum absolute atomic E-state index is 0.0108. The van der Waals surface area contributed by atoms with Gasteiger partial charge in [-0.2, -0.15) is 0 Å². The molecule has 0 aliphatic carbocycles. The van der Waals surface area contributed by atoms with Crippen molar-refractivity contribution in [2.75, 3.05) is 39.9 Å². The van der Waals surface area contributed by atoms with Crippen LogP contribution in [0.4, 0.5) is 0 Å². The average molecular weight is 486 g/mol. The number of piperidine rings is 1. The Hall–Kier alpha value is -2.29. The third-order valence-corrected chi connectivity index (χ3v) is 8.17. The molecule has 1 aromatic rings. The van der Waals surface area contributed by atoms with Gasteiger partial charge in [0.2, 0.25) is 5.91 Å². The van der Waals surface area contributed by atoms with Crippen molar-refractivity contribution in [2.45, 2.75) is 70.2 Å². The van der Waals surface area contributed by atoms with E-state index in [1.807, 2.05) is 38.1 Å². The van der Waals surface area contributed by atoms with E-state index in [2.05, 4.69) is 17.1 Å². The third-order valence-electron chi connectivity index (χ3n) is 8.17. The van der Waals surface area contributed by atoms with Gasteiger partial charge in [-0.3, -0.25) is 14.4 Å². The number of hydrogen-bond donors (Lipinski definition) is 1. The Morgan fingerprint density at radius 2 is 1.86 bits per heavy atom. The number of Topliss-reactive ketones (excluding diaryl/α,β-unsaturated/α-hetero) is 1. The van der Waals surface area contributed by atoms with Crippen molar-refractivity contribution in [3.63, 3.8) is 0 Å². The minimum Gasteiger partial charge on any atom is -0.377 e. The van der Waals surface area contributed by atoms with E-state index in [0.717, 1.165) is 32.5 Å². The molecule has 0 spiro atoms. The first-order valence-corrected chi connectivity index (χ1v) is 13.0. The molecule has 0 saturated carbocycles. The number of nitrogens with zero attached hydrogens (tertiary/aromatic N) is 2. The van der Waals surface area contributed by atoms with Crippen LogP contribution in [0, 0.1) is 5.92 Å². The number of benzene rings is 1. The Labute approximate surface area is 208 Å². The molecule has 3 aliphatic heterocycles. The first-order valence-electron chi connectivity index (χ1n) is 13.0. The molecule has 0 aromatic heterocycles. The summed E-state index contributed by atoms with van der Waals surface area (Å²) in [4.78, 5) is 43.3. The van der Waals surface area contributed by atoms with Gasteiger partial charge in [0.15, 0.2) is 5.78 Å². The molecule has 8 nitrogen and oxygen atoms in total. The molecule has 1 N–H and O–H groups in total. The molecular weight excluding hydrogens is 446 g/mol. The lowest BCUT2D eigenvalue weighted by Crippen LogP contribution is -2.54. The molecule has 4 rings (SSSR count). The molecule has 5 atom stereocenters. The molecular formula is C27H39N3O5. The molecule has 3 heterocycles. The lowest BCUT2D eigenvalue weighted by atomic mass is 9.89. The summed E-state index contributed by atoms with van der Waals surface area (Å²) in [6.07, 6.45) is 2.19. The second-order valence-corrected chi connectivity index (χ2v) is 10.1. The summed E-state index contributed by atoms with van der Waals surface area (Å²) in [6, 6.07) is 6.44. The maximum absolute atomic E-state index is 13.6. The number of ketones is 1. The predicted molar refractivity (Wildman–Crippen MR) is 132 cm³/mol. The Balaban J connectivity index is 1.44. The molecule has 0 bridgehead atoms. The molecule has 3 aliphatic rings. The van der Waals surface area contributed by atoms with Gasteiger partial charge in [0, 0.05) is 12.7 Å². The highest BCUT2D eigenvalue weighted by atomic mass is 16.5. The fraction of sp³-hybridized carbons (Fsp3) is 0.667. The lowest BCUT2D eigenvalue weighted by Gasteiger charge is -2.31. The number of amides is 2. The van der Waals surface area contributed by atoms with Crippen LogP contribution in [0.15, 0.2) is 24.3 Å². The number of methoxy groups -OCH3 is 1. The maximum Gasteiger partial charge on any atom is 0.251 e. The Morgan fingerprint density at radius 3 is 2.46 bits per heavy atom. The topological polar surface area (TPSA) is 88.2 Å². The Kier molecular flexibility index (Phi) is 8.24. The summed E-state index contributed by atoms with van der Waals surface area (Å²) < 4.78 is 11.1. The van der Waals surface area contributed by atoms with Gasteiger partial charge in [-0.25, -0.2) is 0 Å². The highest BCUT2D eigenvalue weighted by Gasteiger charge is 2.53. The van der Waals surface area contributed by atoms with Gasteiger partial charge in [0.1, 0.15) is 30.9 Å². The van der Waals surface area contributed by atoms with Crippen LogP contribution in [-0.4, -0.2) is 91.6 Å². The fourth-order valence-electron chi connectivity index (χ4n) is 5.62. The summed E-state index contributed by atoms with van der Waals surface area (Å²) in [5, 5.41) is 2.97. The summed E-state index contributed by atoms with van der Waals surface area (Å²) in [7, 11) is 1.56. The molecule has 3 saturated heterocycles. The van der Waals surface area contributed by atoms with Crippen molar-refractivity contribution in [3.05, 3.63) is 35.4 Å². The summed E-state index contributed by atoms with van der Waals surface area (Å²) >= 11 is 0. The summed E-state index contributed by atoms with van der Waals surface area (Å²) in [5.41, 5.74) is 1.80. The first-order chi connectivity index (χ1) is 16.9. The van der Waals surface area contributed by atoms with Crippen molar-refractivity contribution in [3.8, 4) is 0 Å². The van der Waals surface area contributed by atoms with Gasteiger partial charge in [-0.05, 0) is 62.0 Å². The van der Waals surface area contributed by atoms with Gasteiger partial charge in [-0.15, -0.1) is 0 Å². The standard InChI is InChI=1S/C27H39N3O5/c1-5-17(3)23(27(33)30-15-22(34-4)25-24(30)21(31)16-35-25)28-26(32)20-9-7-18(8-10-20)19-11-13-29(6-2)14-12-19/h7-10,17,19,22-25H,5-6,11-16H2,1-4H3,(H,28,32)/t17-,22+,23-,24+,25+/m0/s1. The number of fused-ring (bicyclic) bond motifs is 1. The van der Waals surface area contributed by atoms with Gasteiger partial charge < -0.3 is 24.6 Å². The number of nitrogens with one attached hydrogen (secondary N) is 1. The second kappa shape index (κ2) is 11.2. The number of carbonyl (C=O) groups excluding carboxylic acids is 3. The number of hydrogen-bond acceptors (Lipinski definition) is 6. The molecule has 1 aromatic carbocycles. The highest BCUT2D eigenvalue weighted by molar-refractivity contribution is 5.99. The number of rotatable bonds is 8. The van der Waals surface area contributed by atoms with Crippen molar-refractivity contribution < 1.29 is 23.9 Å². The molecule has 8 heteroatoms. The van der Waals surface area contributed by atoms with Crippen LogP contribution in [0.3, 0.4) is 0 Å². The molecule has 3 fully saturated rings. The Bertz CT molecular complexity index is 912. The van der Waals surface area contributed by atoms with Gasteiger partial charge in [-0.1, -0.05) is 39.3 Å². The van der Waals surface area contributed by atoms with E-state index in [-0.39, 0.29) is 42.8 Å². The van der Waals surface area contributed by atoms with Crippen molar-refractivity contribution in [1.29, 1.82) is 0 Å². The maximum atomic E-state index is 13.6. The van der Waals surface area contributed by atoms with Crippen LogP contribution in [0.2, 0.25) is 0 Å². The van der Waals surface area contributed by atoms with Gasteiger partial charge in [0.25, 0.3) is 5.91 Å². The molecule has 2 amide bonds. The smallest absolute Gasteiger partial charge is 0.251 e. The molecule has 0 unspecified atom stereocenters. The van der Waals surface area contributed by atoms with Crippen molar-refractivity contribution in [1.82, 2.24) is 15.1 Å². The zero-order chi connectivity index (χ0) is 25.1. The van der Waals surface area contributed by atoms with E-state index < -0.39 is 18.2 Å². The van der Waals surface area contributed by atoms with E-state index in [1.165, 1.54) is 5.56 Å². The van der Waals surface area contributed by atoms with Crippen LogP contribution < -0.4 is 5.32 Å². The van der Waals surface area contributed by atoms with E-state index in [9.17, 15) is 14.4 Å². The third kappa shape index (κ3) is 5.29. The van der Waals surface area contributed by atoms with Gasteiger partial charge >= 0.3 is 0 Å². The predicted octanol–water partition coefficient (Wildman–Crippen LogP) is 2.22. The lowest BCUT2D eigenvalue weighted by molar-refractivity contribution is -0.139. The van der Waals surface area contributed by atoms with Crippen LogP contribution in [-0.2, 0) is 19.1 Å².